The van der Waals surface area contributed by atoms with Crippen molar-refractivity contribution in [1.29, 1.82) is 0 Å². The second kappa shape index (κ2) is 6.63. The summed E-state index contributed by atoms with van der Waals surface area (Å²) >= 11 is 0. The first-order chi connectivity index (χ1) is 10.3. The number of fused-ring (bicyclic) bond motifs is 1. The number of hydrogen-bond acceptors (Lipinski definition) is 3. The molecule has 3 heteroatoms. The summed E-state index contributed by atoms with van der Waals surface area (Å²) in [5.41, 5.74) is 2.39. The zero-order valence-corrected chi connectivity index (χ0v) is 13.2. The van der Waals surface area contributed by atoms with Crippen molar-refractivity contribution >= 4 is 11.0 Å². The summed E-state index contributed by atoms with van der Waals surface area (Å²) in [5.74, 6) is 1.93. The fourth-order valence-corrected chi connectivity index (χ4v) is 3.34. The molecule has 1 saturated heterocycles. The van der Waals surface area contributed by atoms with Crippen molar-refractivity contribution in [2.45, 2.75) is 33.2 Å². The lowest BCUT2D eigenvalue weighted by atomic mass is 9.96. The van der Waals surface area contributed by atoms with Gasteiger partial charge in [0, 0.05) is 17.5 Å². The Hall–Kier alpha value is -1.32. The van der Waals surface area contributed by atoms with Gasteiger partial charge in [-0.2, -0.15) is 0 Å². The largest absolute Gasteiger partial charge is 0.461 e. The van der Waals surface area contributed by atoms with Gasteiger partial charge in [-0.1, -0.05) is 25.1 Å². The molecular formula is C18H26N2O. The monoisotopic (exact) mass is 286 g/mol. The van der Waals surface area contributed by atoms with Gasteiger partial charge in [0.2, 0.25) is 0 Å². The van der Waals surface area contributed by atoms with E-state index in [1.807, 2.05) is 6.07 Å². The van der Waals surface area contributed by atoms with Crippen molar-refractivity contribution in [1.82, 2.24) is 10.2 Å². The Morgan fingerprint density at radius 1 is 1.24 bits per heavy atom. The first-order valence-electron chi connectivity index (χ1n) is 8.18. The van der Waals surface area contributed by atoms with E-state index < -0.39 is 0 Å². The van der Waals surface area contributed by atoms with Gasteiger partial charge in [-0.05, 0) is 57.9 Å². The zero-order chi connectivity index (χ0) is 14.7. The molecule has 0 atom stereocenters. The van der Waals surface area contributed by atoms with E-state index in [1.54, 1.807) is 0 Å². The van der Waals surface area contributed by atoms with Crippen LogP contribution in [0.4, 0.5) is 0 Å². The molecule has 1 fully saturated rings. The second-order valence-electron chi connectivity index (χ2n) is 6.16. The number of likely N-dealkylation sites (tertiary alicyclic amines) is 1. The molecule has 1 aliphatic heterocycles. The third-order valence-corrected chi connectivity index (χ3v) is 4.67. The Balaban J connectivity index is 1.63. The summed E-state index contributed by atoms with van der Waals surface area (Å²) in [5, 5.41) is 4.76. The molecule has 3 rings (SSSR count). The molecule has 0 aliphatic carbocycles. The van der Waals surface area contributed by atoms with Crippen LogP contribution in [-0.2, 0) is 6.54 Å². The third-order valence-electron chi connectivity index (χ3n) is 4.67. The number of piperidine rings is 1. The molecule has 0 saturated carbocycles. The van der Waals surface area contributed by atoms with Crippen molar-refractivity contribution in [3.05, 3.63) is 35.6 Å². The molecule has 0 amide bonds. The van der Waals surface area contributed by atoms with Crippen molar-refractivity contribution in [2.75, 3.05) is 26.2 Å². The van der Waals surface area contributed by atoms with Crippen LogP contribution in [0.25, 0.3) is 11.0 Å². The van der Waals surface area contributed by atoms with Gasteiger partial charge < -0.3 is 9.73 Å². The van der Waals surface area contributed by atoms with Gasteiger partial charge in [0.1, 0.15) is 11.3 Å². The summed E-state index contributed by atoms with van der Waals surface area (Å²) in [6.07, 6.45) is 2.61. The molecule has 0 radical (unpaired) electrons. The van der Waals surface area contributed by atoms with Gasteiger partial charge in [0.25, 0.3) is 0 Å². The Bertz CT molecular complexity index is 582. The number of rotatable bonds is 5. The Labute approximate surface area is 127 Å². The van der Waals surface area contributed by atoms with Gasteiger partial charge in [0.15, 0.2) is 0 Å². The molecule has 2 aromatic rings. The highest BCUT2D eigenvalue weighted by Crippen LogP contribution is 2.28. The maximum absolute atomic E-state index is 5.88. The highest BCUT2D eigenvalue weighted by Gasteiger charge is 2.21. The predicted molar refractivity (Wildman–Crippen MR) is 87.5 cm³/mol. The molecule has 0 spiro atoms. The summed E-state index contributed by atoms with van der Waals surface area (Å²) < 4.78 is 5.88. The Morgan fingerprint density at radius 3 is 2.76 bits per heavy atom. The van der Waals surface area contributed by atoms with E-state index in [0.29, 0.717) is 0 Å². The van der Waals surface area contributed by atoms with Gasteiger partial charge in [-0.15, -0.1) is 0 Å². The summed E-state index contributed by atoms with van der Waals surface area (Å²) in [4.78, 5) is 2.58. The lowest BCUT2D eigenvalue weighted by Crippen LogP contribution is -2.36. The van der Waals surface area contributed by atoms with Crippen LogP contribution in [0.3, 0.4) is 0 Å². The molecule has 114 valence electrons. The minimum absolute atomic E-state index is 0.850. The van der Waals surface area contributed by atoms with Crippen molar-refractivity contribution in [2.24, 2.45) is 5.92 Å². The number of furan rings is 1. The highest BCUT2D eigenvalue weighted by molar-refractivity contribution is 5.82. The maximum atomic E-state index is 5.88. The quantitative estimate of drug-likeness (QED) is 0.911. The zero-order valence-electron chi connectivity index (χ0n) is 13.2. The van der Waals surface area contributed by atoms with Crippen molar-refractivity contribution in [3.8, 4) is 0 Å². The number of aryl methyl sites for hydroxylation is 1. The van der Waals surface area contributed by atoms with Gasteiger partial charge in [-0.3, -0.25) is 4.90 Å². The molecule has 3 nitrogen and oxygen atoms in total. The Morgan fingerprint density at radius 2 is 2.00 bits per heavy atom. The van der Waals surface area contributed by atoms with Crippen LogP contribution in [0.5, 0.6) is 0 Å². The van der Waals surface area contributed by atoms with Crippen LogP contribution in [-0.4, -0.2) is 31.1 Å². The summed E-state index contributed by atoms with van der Waals surface area (Å²) in [7, 11) is 0. The van der Waals surface area contributed by atoms with Gasteiger partial charge in [-0.25, -0.2) is 0 Å². The molecule has 1 aromatic carbocycles. The molecule has 1 aromatic heterocycles. The molecular weight excluding hydrogens is 260 g/mol. The summed E-state index contributed by atoms with van der Waals surface area (Å²) in [6, 6.07) is 8.39. The standard InChI is InChI=1S/C18H26N2O/c1-3-19-12-15-8-10-20(11-9-15)13-17-14(2)21-18-7-5-4-6-16(17)18/h4-7,15,19H,3,8-13H2,1-2H3. The lowest BCUT2D eigenvalue weighted by Gasteiger charge is -2.32. The third kappa shape index (κ3) is 3.30. The summed E-state index contributed by atoms with van der Waals surface area (Å²) in [6.45, 7) is 9.97. The fourth-order valence-electron chi connectivity index (χ4n) is 3.34. The van der Waals surface area contributed by atoms with Crippen LogP contribution in [0, 0.1) is 12.8 Å². The number of nitrogens with zero attached hydrogens (tertiary/aromatic N) is 1. The minimum Gasteiger partial charge on any atom is -0.461 e. The van der Waals surface area contributed by atoms with Crippen LogP contribution < -0.4 is 5.32 Å². The molecule has 2 heterocycles. The van der Waals surface area contributed by atoms with E-state index in [0.717, 1.165) is 30.4 Å². The Kier molecular flexibility index (Phi) is 4.61. The number of nitrogens with one attached hydrogen (secondary N) is 1. The minimum atomic E-state index is 0.850. The van der Waals surface area contributed by atoms with Crippen LogP contribution in [0.15, 0.2) is 28.7 Å². The fraction of sp³-hybridized carbons (Fsp3) is 0.556. The van der Waals surface area contributed by atoms with E-state index >= 15 is 0 Å². The molecule has 21 heavy (non-hydrogen) atoms. The molecule has 1 N–H and O–H groups in total. The number of hydrogen-bond donors (Lipinski definition) is 1. The van der Waals surface area contributed by atoms with E-state index in [9.17, 15) is 0 Å². The predicted octanol–water partition coefficient (Wildman–Crippen LogP) is 3.56. The average molecular weight is 286 g/mol. The maximum Gasteiger partial charge on any atom is 0.134 e. The van der Waals surface area contributed by atoms with Gasteiger partial charge in [0.05, 0.1) is 0 Å². The second-order valence-corrected chi connectivity index (χ2v) is 6.16. The first kappa shape index (κ1) is 14.6. The van der Waals surface area contributed by atoms with E-state index in [1.165, 1.54) is 43.4 Å². The van der Waals surface area contributed by atoms with Crippen LogP contribution in [0.1, 0.15) is 31.1 Å². The van der Waals surface area contributed by atoms with Crippen LogP contribution in [0.2, 0.25) is 0 Å². The SMILES string of the molecule is CCNCC1CCN(Cc2c(C)oc3ccccc23)CC1. The first-order valence-corrected chi connectivity index (χ1v) is 8.18. The lowest BCUT2D eigenvalue weighted by molar-refractivity contribution is 0.175. The topological polar surface area (TPSA) is 28.4 Å². The van der Waals surface area contributed by atoms with Gasteiger partial charge >= 0.3 is 0 Å². The number of benzene rings is 1. The van der Waals surface area contributed by atoms with Crippen molar-refractivity contribution < 1.29 is 4.42 Å². The molecule has 0 unspecified atom stereocenters. The van der Waals surface area contributed by atoms with E-state index in [4.69, 9.17) is 4.42 Å². The molecule has 1 aliphatic rings. The smallest absolute Gasteiger partial charge is 0.134 e. The highest BCUT2D eigenvalue weighted by atomic mass is 16.3. The molecule has 0 bridgehead atoms. The average Bonchev–Trinajstić information content (AvgIpc) is 2.83. The normalized spacial score (nSPS) is 17.6. The van der Waals surface area contributed by atoms with Crippen LogP contribution >= 0.6 is 0 Å². The van der Waals surface area contributed by atoms with E-state index in [2.05, 4.69) is 42.3 Å². The number of para-hydroxylation sites is 1. The van der Waals surface area contributed by atoms with E-state index in [-0.39, 0.29) is 0 Å². The van der Waals surface area contributed by atoms with Crippen molar-refractivity contribution in [3.63, 3.8) is 0 Å².